The smallest absolute Gasteiger partial charge is 0.121 e. The molecule has 2 N–H and O–H groups in total. The average molecular weight is 262 g/mol. The lowest BCUT2D eigenvalue weighted by Crippen LogP contribution is -2.26. The molecule has 1 aromatic rings. The summed E-state index contributed by atoms with van der Waals surface area (Å²) in [6.45, 7) is 8.01. The summed E-state index contributed by atoms with van der Waals surface area (Å²) < 4.78 is 5.28. The van der Waals surface area contributed by atoms with Crippen molar-refractivity contribution in [3.05, 3.63) is 23.8 Å². The monoisotopic (exact) mass is 262 g/mol. The van der Waals surface area contributed by atoms with Gasteiger partial charge in [-0.05, 0) is 48.9 Å². The zero-order valence-electron chi connectivity index (χ0n) is 12.4. The number of ether oxygens (including phenoxy) is 1. The number of anilines is 1. The molecule has 0 atom stereocenters. The Bertz CT molecular complexity index is 427. The lowest BCUT2D eigenvalue weighted by Gasteiger charge is -2.26. The van der Waals surface area contributed by atoms with Gasteiger partial charge in [0.2, 0.25) is 0 Å². The molecule has 0 aromatic heterocycles. The highest BCUT2D eigenvalue weighted by Gasteiger charge is 2.34. The van der Waals surface area contributed by atoms with E-state index in [9.17, 15) is 0 Å². The zero-order chi connectivity index (χ0) is 13.9. The zero-order valence-corrected chi connectivity index (χ0v) is 12.4. The number of hydrogen-bond donors (Lipinski definition) is 1. The summed E-state index contributed by atoms with van der Waals surface area (Å²) >= 11 is 0. The Kier molecular flexibility index (Phi) is 4.35. The maximum absolute atomic E-state index is 5.92. The van der Waals surface area contributed by atoms with Crippen molar-refractivity contribution >= 4 is 5.69 Å². The summed E-state index contributed by atoms with van der Waals surface area (Å²) in [5.41, 5.74) is 8.48. The molecule has 1 aliphatic heterocycles. The molecule has 0 amide bonds. The lowest BCUT2D eigenvalue weighted by molar-refractivity contribution is 0.236. The number of nitrogens with two attached hydrogens (primary N) is 1. The van der Waals surface area contributed by atoms with Crippen LogP contribution in [0.1, 0.15) is 38.7 Å². The van der Waals surface area contributed by atoms with Gasteiger partial charge in [-0.15, -0.1) is 0 Å². The third kappa shape index (κ3) is 3.21. The standard InChI is InChI=1S/C16H26N2O/c1-4-16(5-2)6-7-18(12-16)11-13-8-14(17)10-15(9-13)19-3/h8-10H,4-7,11-12,17H2,1-3H3. The van der Waals surface area contributed by atoms with Crippen molar-refractivity contribution in [1.29, 1.82) is 0 Å². The second kappa shape index (κ2) is 5.83. The van der Waals surface area contributed by atoms with Crippen LogP contribution in [0.15, 0.2) is 18.2 Å². The van der Waals surface area contributed by atoms with Crippen LogP contribution in [0.5, 0.6) is 5.75 Å². The first kappa shape index (κ1) is 14.2. The minimum atomic E-state index is 0.532. The van der Waals surface area contributed by atoms with Gasteiger partial charge in [-0.1, -0.05) is 13.8 Å². The molecule has 1 saturated heterocycles. The van der Waals surface area contributed by atoms with E-state index in [2.05, 4.69) is 30.9 Å². The number of nitrogen functional groups attached to an aromatic ring is 1. The van der Waals surface area contributed by atoms with Crippen LogP contribution >= 0.6 is 0 Å². The SMILES string of the molecule is CCC1(CC)CCN(Cc2cc(N)cc(OC)c2)C1. The highest BCUT2D eigenvalue weighted by molar-refractivity contribution is 5.47. The largest absolute Gasteiger partial charge is 0.497 e. The van der Waals surface area contributed by atoms with Crippen molar-refractivity contribution < 1.29 is 4.74 Å². The molecular weight excluding hydrogens is 236 g/mol. The Morgan fingerprint density at radius 2 is 2.00 bits per heavy atom. The molecule has 106 valence electrons. The molecule has 1 fully saturated rings. The second-order valence-corrected chi connectivity index (χ2v) is 5.78. The van der Waals surface area contributed by atoms with Crippen LogP contribution in [0, 0.1) is 5.41 Å². The third-order valence-electron chi connectivity index (χ3n) is 4.65. The van der Waals surface area contributed by atoms with E-state index in [4.69, 9.17) is 10.5 Å². The molecule has 0 bridgehead atoms. The second-order valence-electron chi connectivity index (χ2n) is 5.78. The van der Waals surface area contributed by atoms with Gasteiger partial charge in [0.05, 0.1) is 7.11 Å². The van der Waals surface area contributed by atoms with Gasteiger partial charge < -0.3 is 10.5 Å². The van der Waals surface area contributed by atoms with Crippen molar-refractivity contribution in [2.45, 2.75) is 39.7 Å². The van der Waals surface area contributed by atoms with E-state index in [0.717, 1.165) is 18.0 Å². The van der Waals surface area contributed by atoms with Crippen LogP contribution in [0.2, 0.25) is 0 Å². The molecule has 0 unspecified atom stereocenters. The van der Waals surface area contributed by atoms with E-state index in [-0.39, 0.29) is 0 Å². The molecule has 2 rings (SSSR count). The molecule has 0 spiro atoms. The molecule has 1 heterocycles. The van der Waals surface area contributed by atoms with Crippen LogP contribution in [0.25, 0.3) is 0 Å². The van der Waals surface area contributed by atoms with E-state index in [0.29, 0.717) is 5.41 Å². The van der Waals surface area contributed by atoms with Gasteiger partial charge >= 0.3 is 0 Å². The fourth-order valence-electron chi connectivity index (χ4n) is 3.14. The normalized spacial score (nSPS) is 18.7. The number of benzene rings is 1. The van der Waals surface area contributed by atoms with Crippen molar-refractivity contribution in [3.8, 4) is 5.75 Å². The fourth-order valence-corrected chi connectivity index (χ4v) is 3.14. The molecule has 1 aromatic carbocycles. The Labute approximate surface area is 116 Å². The Hall–Kier alpha value is -1.22. The third-order valence-corrected chi connectivity index (χ3v) is 4.65. The van der Waals surface area contributed by atoms with E-state index in [1.807, 2.05) is 6.07 Å². The Morgan fingerprint density at radius 1 is 1.26 bits per heavy atom. The van der Waals surface area contributed by atoms with Gasteiger partial charge in [-0.25, -0.2) is 0 Å². The van der Waals surface area contributed by atoms with E-state index in [1.165, 1.54) is 37.9 Å². The highest BCUT2D eigenvalue weighted by atomic mass is 16.5. The van der Waals surface area contributed by atoms with Crippen LogP contribution in [-0.4, -0.2) is 25.1 Å². The van der Waals surface area contributed by atoms with Gasteiger partial charge in [-0.2, -0.15) is 0 Å². The van der Waals surface area contributed by atoms with Crippen LogP contribution in [0.3, 0.4) is 0 Å². The maximum Gasteiger partial charge on any atom is 0.121 e. The predicted octanol–water partition coefficient (Wildman–Crippen LogP) is 3.29. The molecule has 0 radical (unpaired) electrons. The highest BCUT2D eigenvalue weighted by Crippen LogP contribution is 2.37. The van der Waals surface area contributed by atoms with Crippen molar-refractivity contribution in [2.24, 2.45) is 5.41 Å². The summed E-state index contributed by atoms with van der Waals surface area (Å²) in [5, 5.41) is 0. The minimum Gasteiger partial charge on any atom is -0.497 e. The van der Waals surface area contributed by atoms with Crippen molar-refractivity contribution in [3.63, 3.8) is 0 Å². The lowest BCUT2D eigenvalue weighted by atomic mass is 9.82. The van der Waals surface area contributed by atoms with Gasteiger partial charge in [-0.3, -0.25) is 4.90 Å². The van der Waals surface area contributed by atoms with Crippen LogP contribution < -0.4 is 10.5 Å². The van der Waals surface area contributed by atoms with Crippen molar-refractivity contribution in [1.82, 2.24) is 4.90 Å². The molecule has 3 nitrogen and oxygen atoms in total. The number of hydrogen-bond acceptors (Lipinski definition) is 3. The minimum absolute atomic E-state index is 0.532. The predicted molar refractivity (Wildman–Crippen MR) is 80.3 cm³/mol. The fraction of sp³-hybridized carbons (Fsp3) is 0.625. The Morgan fingerprint density at radius 3 is 2.58 bits per heavy atom. The summed E-state index contributed by atoms with van der Waals surface area (Å²) in [6.07, 6.45) is 3.87. The summed E-state index contributed by atoms with van der Waals surface area (Å²) in [4.78, 5) is 2.54. The molecular formula is C16H26N2O. The van der Waals surface area contributed by atoms with Crippen LogP contribution in [-0.2, 0) is 6.54 Å². The topological polar surface area (TPSA) is 38.5 Å². The molecule has 1 aliphatic rings. The van der Waals surface area contributed by atoms with Gasteiger partial charge in [0.1, 0.15) is 5.75 Å². The van der Waals surface area contributed by atoms with Gasteiger partial charge in [0.25, 0.3) is 0 Å². The molecule has 19 heavy (non-hydrogen) atoms. The molecule has 0 saturated carbocycles. The first-order valence-electron chi connectivity index (χ1n) is 7.26. The summed E-state index contributed by atoms with van der Waals surface area (Å²) in [7, 11) is 1.69. The molecule has 0 aliphatic carbocycles. The summed E-state index contributed by atoms with van der Waals surface area (Å²) in [5.74, 6) is 0.853. The number of rotatable bonds is 5. The number of likely N-dealkylation sites (tertiary alicyclic amines) is 1. The number of nitrogens with zero attached hydrogens (tertiary/aromatic N) is 1. The van der Waals surface area contributed by atoms with E-state index >= 15 is 0 Å². The first-order chi connectivity index (χ1) is 9.10. The summed E-state index contributed by atoms with van der Waals surface area (Å²) in [6, 6.07) is 6.02. The average Bonchev–Trinajstić information content (AvgIpc) is 2.82. The first-order valence-corrected chi connectivity index (χ1v) is 7.26. The quantitative estimate of drug-likeness (QED) is 0.828. The molecule has 3 heteroatoms. The van der Waals surface area contributed by atoms with Crippen LogP contribution in [0.4, 0.5) is 5.69 Å². The Balaban J connectivity index is 2.05. The maximum atomic E-state index is 5.92. The van der Waals surface area contributed by atoms with Gasteiger partial charge in [0.15, 0.2) is 0 Å². The number of methoxy groups -OCH3 is 1. The van der Waals surface area contributed by atoms with Gasteiger partial charge in [0, 0.05) is 24.8 Å². The van der Waals surface area contributed by atoms with E-state index in [1.54, 1.807) is 7.11 Å². The van der Waals surface area contributed by atoms with E-state index < -0.39 is 0 Å². The van der Waals surface area contributed by atoms with Crippen molar-refractivity contribution in [2.75, 3.05) is 25.9 Å².